The van der Waals surface area contributed by atoms with Gasteiger partial charge in [-0.15, -0.1) is 0 Å². The number of benzene rings is 3. The summed E-state index contributed by atoms with van der Waals surface area (Å²) >= 11 is 6.27. The standard InChI is InChI=1S/C30H27ClN2O4/c1-4-14-37-24-13-12-19(15-17(24)2)28(34)26-27(25-18(3)32-23-11-6-5-10-22(23)25)33(30(36)29(26)35)21-9-7-8-20(31)16-21/h5-13,15-16,27,32,34H,4,14H2,1-3H3/b28-26+. The summed E-state index contributed by atoms with van der Waals surface area (Å²) in [6.07, 6.45) is 0.873. The normalized spacial score (nSPS) is 17.1. The number of H-pyrrole nitrogens is 1. The number of aromatic amines is 1. The van der Waals surface area contributed by atoms with Gasteiger partial charge in [-0.1, -0.05) is 42.8 Å². The summed E-state index contributed by atoms with van der Waals surface area (Å²) < 4.78 is 5.77. The number of anilines is 1. The average molecular weight is 515 g/mol. The summed E-state index contributed by atoms with van der Waals surface area (Å²) in [5.74, 6) is -1.00. The van der Waals surface area contributed by atoms with Gasteiger partial charge in [-0.05, 0) is 68.3 Å². The highest BCUT2D eigenvalue weighted by Gasteiger charge is 2.48. The Labute approximate surface area is 220 Å². The lowest BCUT2D eigenvalue weighted by molar-refractivity contribution is -0.132. The van der Waals surface area contributed by atoms with Crippen molar-refractivity contribution < 1.29 is 19.4 Å². The molecule has 1 aliphatic heterocycles. The highest BCUT2D eigenvalue weighted by atomic mass is 35.5. The number of ketones is 1. The Kier molecular flexibility index (Phi) is 6.52. The number of rotatable bonds is 6. The summed E-state index contributed by atoms with van der Waals surface area (Å²) in [7, 11) is 0. The molecule has 1 unspecified atom stereocenters. The molecule has 0 spiro atoms. The Morgan fingerprint density at radius 1 is 1.05 bits per heavy atom. The molecule has 5 rings (SSSR count). The zero-order valence-electron chi connectivity index (χ0n) is 20.8. The molecule has 0 aliphatic carbocycles. The van der Waals surface area contributed by atoms with E-state index in [1.54, 1.807) is 42.5 Å². The number of ether oxygens (including phenoxy) is 1. The topological polar surface area (TPSA) is 82.6 Å². The van der Waals surface area contributed by atoms with Crippen molar-refractivity contribution in [3.8, 4) is 5.75 Å². The predicted octanol–water partition coefficient (Wildman–Crippen LogP) is 6.85. The van der Waals surface area contributed by atoms with E-state index >= 15 is 0 Å². The molecule has 2 N–H and O–H groups in total. The van der Waals surface area contributed by atoms with Crippen LogP contribution in [0.3, 0.4) is 0 Å². The fourth-order valence-corrected chi connectivity index (χ4v) is 5.16. The van der Waals surface area contributed by atoms with Gasteiger partial charge in [-0.3, -0.25) is 14.5 Å². The summed E-state index contributed by atoms with van der Waals surface area (Å²) in [4.78, 5) is 31.9. The third-order valence-corrected chi connectivity index (χ3v) is 6.89. The van der Waals surface area contributed by atoms with Gasteiger partial charge in [0.15, 0.2) is 0 Å². The number of para-hydroxylation sites is 1. The maximum atomic E-state index is 13.6. The van der Waals surface area contributed by atoms with Crippen LogP contribution in [-0.4, -0.2) is 28.4 Å². The van der Waals surface area contributed by atoms with Crippen molar-refractivity contribution in [2.45, 2.75) is 33.2 Å². The van der Waals surface area contributed by atoms with Crippen molar-refractivity contribution in [1.29, 1.82) is 0 Å². The number of aliphatic hydroxyl groups excluding tert-OH is 1. The number of aromatic nitrogens is 1. The summed E-state index contributed by atoms with van der Waals surface area (Å²) in [6.45, 7) is 6.39. The first kappa shape index (κ1) is 24.7. The number of nitrogens with zero attached hydrogens (tertiary/aromatic N) is 1. The average Bonchev–Trinajstić information content (AvgIpc) is 3.34. The number of halogens is 1. The lowest BCUT2D eigenvalue weighted by Gasteiger charge is -2.26. The molecule has 3 aromatic carbocycles. The van der Waals surface area contributed by atoms with Crippen LogP contribution in [0.5, 0.6) is 5.75 Å². The molecule has 1 aliphatic rings. The minimum atomic E-state index is -0.856. The van der Waals surface area contributed by atoms with E-state index in [4.69, 9.17) is 16.3 Å². The van der Waals surface area contributed by atoms with E-state index in [1.807, 2.05) is 45.0 Å². The van der Waals surface area contributed by atoms with Gasteiger partial charge in [-0.25, -0.2) is 0 Å². The van der Waals surface area contributed by atoms with Crippen LogP contribution in [0, 0.1) is 13.8 Å². The van der Waals surface area contributed by atoms with Gasteiger partial charge < -0.3 is 14.8 Å². The SMILES string of the molecule is CCCOc1ccc(/C(O)=C2\C(=O)C(=O)N(c3cccc(Cl)c3)C2c2c(C)[nH]c3ccccc23)cc1C. The number of aryl methyl sites for hydroxylation is 2. The summed E-state index contributed by atoms with van der Waals surface area (Å²) in [5.41, 5.74) is 4.18. The van der Waals surface area contributed by atoms with E-state index in [-0.39, 0.29) is 11.3 Å². The highest BCUT2D eigenvalue weighted by molar-refractivity contribution is 6.52. The van der Waals surface area contributed by atoms with Crippen molar-refractivity contribution in [2.75, 3.05) is 11.5 Å². The van der Waals surface area contributed by atoms with Crippen molar-refractivity contribution in [3.05, 3.63) is 99.7 Å². The Hall–Kier alpha value is -4.03. The molecule has 6 nitrogen and oxygen atoms in total. The van der Waals surface area contributed by atoms with E-state index < -0.39 is 17.7 Å². The number of Topliss-reactive ketones (excluding diaryl/α,β-unsaturated/α-hetero) is 1. The first-order valence-corrected chi connectivity index (χ1v) is 12.6. The van der Waals surface area contributed by atoms with Gasteiger partial charge in [0, 0.05) is 38.4 Å². The number of carbonyl (C=O) groups excluding carboxylic acids is 2. The molecule has 188 valence electrons. The molecule has 1 aromatic heterocycles. The molecule has 7 heteroatoms. The van der Waals surface area contributed by atoms with E-state index in [1.165, 1.54) is 4.90 Å². The molecule has 37 heavy (non-hydrogen) atoms. The quantitative estimate of drug-likeness (QED) is 0.167. The monoisotopic (exact) mass is 514 g/mol. The van der Waals surface area contributed by atoms with Gasteiger partial charge in [0.25, 0.3) is 11.7 Å². The van der Waals surface area contributed by atoms with Gasteiger partial charge in [0.1, 0.15) is 11.5 Å². The van der Waals surface area contributed by atoms with Crippen LogP contribution in [0.4, 0.5) is 5.69 Å². The second-order valence-corrected chi connectivity index (χ2v) is 9.62. The fraction of sp³-hybridized carbons (Fsp3) is 0.200. The molecule has 2 heterocycles. The molecule has 4 aromatic rings. The number of carbonyl (C=O) groups is 2. The van der Waals surface area contributed by atoms with E-state index in [2.05, 4.69) is 4.98 Å². The largest absolute Gasteiger partial charge is 0.507 e. The van der Waals surface area contributed by atoms with Crippen LogP contribution < -0.4 is 9.64 Å². The maximum absolute atomic E-state index is 13.6. The second kappa shape index (κ2) is 9.79. The Morgan fingerprint density at radius 2 is 1.84 bits per heavy atom. The van der Waals surface area contributed by atoms with Crippen molar-refractivity contribution in [1.82, 2.24) is 4.98 Å². The van der Waals surface area contributed by atoms with Crippen LogP contribution >= 0.6 is 11.6 Å². The molecule has 0 bridgehead atoms. The van der Waals surface area contributed by atoms with Crippen molar-refractivity contribution >= 4 is 45.6 Å². The van der Waals surface area contributed by atoms with Gasteiger partial charge in [-0.2, -0.15) is 0 Å². The molecule has 1 atom stereocenters. The van der Waals surface area contributed by atoms with Crippen molar-refractivity contribution in [3.63, 3.8) is 0 Å². The minimum absolute atomic E-state index is 0.0273. The second-order valence-electron chi connectivity index (χ2n) is 9.19. The molecule has 1 fully saturated rings. The summed E-state index contributed by atoms with van der Waals surface area (Å²) in [5, 5.41) is 12.9. The van der Waals surface area contributed by atoms with Gasteiger partial charge in [0.2, 0.25) is 0 Å². The molecule has 0 radical (unpaired) electrons. The third-order valence-electron chi connectivity index (χ3n) is 6.66. The number of aliphatic hydroxyl groups is 1. The smallest absolute Gasteiger partial charge is 0.300 e. The van der Waals surface area contributed by atoms with Crippen LogP contribution in [0.2, 0.25) is 5.02 Å². The Balaban J connectivity index is 1.74. The number of hydrogen-bond acceptors (Lipinski definition) is 4. The lowest BCUT2D eigenvalue weighted by Crippen LogP contribution is -2.29. The molecule has 1 amide bonds. The van der Waals surface area contributed by atoms with Crippen LogP contribution in [-0.2, 0) is 9.59 Å². The van der Waals surface area contributed by atoms with Crippen molar-refractivity contribution in [2.24, 2.45) is 0 Å². The fourth-order valence-electron chi connectivity index (χ4n) is 4.97. The molecule has 0 saturated carbocycles. The molecular weight excluding hydrogens is 488 g/mol. The number of amides is 1. The van der Waals surface area contributed by atoms with Crippen LogP contribution in [0.15, 0.2) is 72.3 Å². The van der Waals surface area contributed by atoms with Crippen LogP contribution in [0.25, 0.3) is 16.7 Å². The zero-order chi connectivity index (χ0) is 26.3. The summed E-state index contributed by atoms with van der Waals surface area (Å²) in [6, 6.07) is 18.9. The van der Waals surface area contributed by atoms with E-state index in [0.29, 0.717) is 28.6 Å². The van der Waals surface area contributed by atoms with Gasteiger partial charge in [0.05, 0.1) is 18.2 Å². The number of hydrogen-bond donors (Lipinski definition) is 2. The van der Waals surface area contributed by atoms with Crippen LogP contribution in [0.1, 0.15) is 41.8 Å². The Morgan fingerprint density at radius 3 is 2.57 bits per heavy atom. The first-order chi connectivity index (χ1) is 17.8. The van der Waals surface area contributed by atoms with E-state index in [0.717, 1.165) is 34.1 Å². The minimum Gasteiger partial charge on any atom is -0.507 e. The third kappa shape index (κ3) is 4.27. The number of nitrogens with one attached hydrogen (secondary N) is 1. The first-order valence-electron chi connectivity index (χ1n) is 12.2. The highest BCUT2D eigenvalue weighted by Crippen LogP contribution is 2.46. The Bertz CT molecular complexity index is 1570. The van der Waals surface area contributed by atoms with E-state index in [9.17, 15) is 14.7 Å². The predicted molar refractivity (Wildman–Crippen MR) is 146 cm³/mol. The van der Waals surface area contributed by atoms with Gasteiger partial charge >= 0.3 is 0 Å². The molecular formula is C30H27ClN2O4. The maximum Gasteiger partial charge on any atom is 0.300 e. The lowest BCUT2D eigenvalue weighted by atomic mass is 9.92. The zero-order valence-corrected chi connectivity index (χ0v) is 21.6. The molecule has 1 saturated heterocycles. The number of fused-ring (bicyclic) bond motifs is 1.